The first-order valence-electron chi connectivity index (χ1n) is 2.43. The lowest BCUT2D eigenvalue weighted by molar-refractivity contribution is 1.45. The smallest absolute Gasteiger partial charge is 0.0336 e. The molecule has 0 bridgehead atoms. The van der Waals surface area contributed by atoms with Crippen LogP contribution < -0.4 is 5.73 Å². The standard InChI is InChI=1S/C6H6BrNS/c7-4-1-5(8)3-6(9)2-4/h1-3,9H,8H2. The van der Waals surface area contributed by atoms with E-state index in [-0.39, 0.29) is 0 Å². The van der Waals surface area contributed by atoms with Crippen molar-refractivity contribution < 1.29 is 0 Å². The number of anilines is 1. The lowest BCUT2D eigenvalue weighted by Gasteiger charge is -1.95. The summed E-state index contributed by atoms with van der Waals surface area (Å²) in [5, 5.41) is 0. The van der Waals surface area contributed by atoms with Crippen LogP contribution in [0.25, 0.3) is 0 Å². The van der Waals surface area contributed by atoms with Crippen LogP contribution in [-0.4, -0.2) is 0 Å². The highest BCUT2D eigenvalue weighted by Crippen LogP contribution is 2.18. The second kappa shape index (κ2) is 2.62. The maximum Gasteiger partial charge on any atom is 0.0336 e. The van der Waals surface area contributed by atoms with Crippen molar-refractivity contribution in [3.8, 4) is 0 Å². The van der Waals surface area contributed by atoms with Crippen molar-refractivity contribution in [1.29, 1.82) is 0 Å². The monoisotopic (exact) mass is 203 g/mol. The average molecular weight is 204 g/mol. The van der Waals surface area contributed by atoms with E-state index in [1.807, 2.05) is 12.1 Å². The molecule has 1 rings (SSSR count). The Morgan fingerprint density at radius 2 is 2.00 bits per heavy atom. The van der Waals surface area contributed by atoms with Crippen molar-refractivity contribution in [1.82, 2.24) is 0 Å². The van der Waals surface area contributed by atoms with Crippen LogP contribution in [0, 0.1) is 0 Å². The molecule has 1 aromatic carbocycles. The van der Waals surface area contributed by atoms with Gasteiger partial charge in [-0.2, -0.15) is 0 Å². The fourth-order valence-corrected chi connectivity index (χ4v) is 1.57. The highest BCUT2D eigenvalue weighted by Gasteiger charge is 1.90. The lowest BCUT2D eigenvalue weighted by atomic mass is 10.3. The third-order valence-corrected chi connectivity index (χ3v) is 1.62. The molecule has 0 unspecified atom stereocenters. The Hall–Kier alpha value is -0.150. The fourth-order valence-electron chi connectivity index (χ4n) is 0.596. The predicted octanol–water partition coefficient (Wildman–Crippen LogP) is 2.32. The molecule has 0 saturated carbocycles. The van der Waals surface area contributed by atoms with E-state index in [2.05, 4.69) is 28.6 Å². The maximum atomic E-state index is 5.48. The van der Waals surface area contributed by atoms with Crippen molar-refractivity contribution in [2.75, 3.05) is 5.73 Å². The van der Waals surface area contributed by atoms with Crippen molar-refractivity contribution in [2.24, 2.45) is 0 Å². The molecular weight excluding hydrogens is 198 g/mol. The number of hydrogen-bond donors (Lipinski definition) is 2. The third-order valence-electron chi connectivity index (χ3n) is 0.905. The van der Waals surface area contributed by atoms with E-state index in [0.29, 0.717) is 0 Å². The van der Waals surface area contributed by atoms with Gasteiger partial charge in [0.15, 0.2) is 0 Å². The summed E-state index contributed by atoms with van der Waals surface area (Å²) in [7, 11) is 0. The summed E-state index contributed by atoms with van der Waals surface area (Å²) in [5.74, 6) is 0. The average Bonchev–Trinajstić information content (AvgIpc) is 1.59. The molecule has 0 heterocycles. The van der Waals surface area contributed by atoms with Crippen LogP contribution in [0.3, 0.4) is 0 Å². The molecule has 9 heavy (non-hydrogen) atoms. The molecule has 0 radical (unpaired) electrons. The van der Waals surface area contributed by atoms with Crippen LogP contribution in [0.15, 0.2) is 27.6 Å². The highest BCUT2D eigenvalue weighted by molar-refractivity contribution is 9.10. The first-order valence-corrected chi connectivity index (χ1v) is 3.67. The van der Waals surface area contributed by atoms with Gasteiger partial charge in [-0.1, -0.05) is 15.9 Å². The van der Waals surface area contributed by atoms with Gasteiger partial charge in [-0.05, 0) is 18.2 Å². The molecule has 0 aliphatic rings. The van der Waals surface area contributed by atoms with Gasteiger partial charge >= 0.3 is 0 Å². The molecule has 0 atom stereocenters. The van der Waals surface area contributed by atoms with E-state index in [1.54, 1.807) is 6.07 Å². The van der Waals surface area contributed by atoms with Crippen LogP contribution in [-0.2, 0) is 0 Å². The summed E-state index contributed by atoms with van der Waals surface area (Å²) < 4.78 is 0.965. The molecule has 0 aliphatic carbocycles. The summed E-state index contributed by atoms with van der Waals surface area (Å²) in [4.78, 5) is 0.877. The number of nitrogens with two attached hydrogens (primary N) is 1. The fraction of sp³-hybridized carbons (Fsp3) is 0. The number of benzene rings is 1. The van der Waals surface area contributed by atoms with Gasteiger partial charge < -0.3 is 5.73 Å². The van der Waals surface area contributed by atoms with Crippen LogP contribution in [0.5, 0.6) is 0 Å². The van der Waals surface area contributed by atoms with Crippen molar-refractivity contribution in [2.45, 2.75) is 4.90 Å². The van der Waals surface area contributed by atoms with Gasteiger partial charge in [0.05, 0.1) is 0 Å². The first-order chi connectivity index (χ1) is 4.18. The number of halogens is 1. The molecule has 0 fully saturated rings. The number of rotatable bonds is 0. The minimum absolute atomic E-state index is 0.731. The Kier molecular flexibility index (Phi) is 2.03. The zero-order chi connectivity index (χ0) is 6.85. The Morgan fingerprint density at radius 3 is 2.44 bits per heavy atom. The number of thiol groups is 1. The number of hydrogen-bond acceptors (Lipinski definition) is 2. The molecular formula is C6H6BrNS. The van der Waals surface area contributed by atoms with E-state index in [1.165, 1.54) is 0 Å². The third kappa shape index (κ3) is 1.91. The molecule has 1 nitrogen and oxygen atoms in total. The highest BCUT2D eigenvalue weighted by atomic mass is 79.9. The van der Waals surface area contributed by atoms with Gasteiger partial charge in [-0.3, -0.25) is 0 Å². The van der Waals surface area contributed by atoms with Crippen LogP contribution >= 0.6 is 28.6 Å². The maximum absolute atomic E-state index is 5.48. The first kappa shape index (κ1) is 6.96. The Bertz CT molecular complexity index is 174. The molecule has 0 spiro atoms. The Morgan fingerprint density at radius 1 is 1.33 bits per heavy atom. The van der Waals surface area contributed by atoms with Gasteiger partial charge in [-0.25, -0.2) is 0 Å². The molecule has 0 aromatic heterocycles. The zero-order valence-corrected chi connectivity index (χ0v) is 7.12. The number of nitrogen functional groups attached to an aromatic ring is 1. The minimum atomic E-state index is 0.731. The van der Waals surface area contributed by atoms with Gasteiger partial charge in [0, 0.05) is 15.1 Å². The molecule has 48 valence electrons. The molecule has 2 N–H and O–H groups in total. The van der Waals surface area contributed by atoms with Crippen LogP contribution in [0.1, 0.15) is 0 Å². The topological polar surface area (TPSA) is 26.0 Å². The van der Waals surface area contributed by atoms with Crippen LogP contribution in [0.2, 0.25) is 0 Å². The van der Waals surface area contributed by atoms with E-state index < -0.39 is 0 Å². The van der Waals surface area contributed by atoms with E-state index in [4.69, 9.17) is 5.73 Å². The second-order valence-corrected chi connectivity index (χ2v) is 3.17. The normalized spacial score (nSPS) is 9.56. The molecule has 0 amide bonds. The molecule has 0 saturated heterocycles. The summed E-state index contributed by atoms with van der Waals surface area (Å²) in [6, 6.07) is 5.52. The van der Waals surface area contributed by atoms with Gasteiger partial charge in [-0.15, -0.1) is 12.6 Å². The summed E-state index contributed by atoms with van der Waals surface area (Å²) in [6.45, 7) is 0. The summed E-state index contributed by atoms with van der Waals surface area (Å²) in [5.41, 5.74) is 6.21. The van der Waals surface area contributed by atoms with E-state index in [9.17, 15) is 0 Å². The van der Waals surface area contributed by atoms with Crippen LogP contribution in [0.4, 0.5) is 5.69 Å². The second-order valence-electron chi connectivity index (χ2n) is 1.74. The molecule has 3 heteroatoms. The molecule has 0 aliphatic heterocycles. The Labute approximate surface area is 67.8 Å². The van der Waals surface area contributed by atoms with Gasteiger partial charge in [0.1, 0.15) is 0 Å². The summed E-state index contributed by atoms with van der Waals surface area (Å²) >= 11 is 7.40. The SMILES string of the molecule is Nc1cc(S)cc(Br)c1. The minimum Gasteiger partial charge on any atom is -0.399 e. The largest absolute Gasteiger partial charge is 0.399 e. The van der Waals surface area contributed by atoms with E-state index >= 15 is 0 Å². The van der Waals surface area contributed by atoms with Crippen molar-refractivity contribution in [3.63, 3.8) is 0 Å². The van der Waals surface area contributed by atoms with E-state index in [0.717, 1.165) is 15.1 Å². The van der Waals surface area contributed by atoms with Crippen molar-refractivity contribution in [3.05, 3.63) is 22.7 Å². The molecule has 1 aromatic rings. The Balaban J connectivity index is 3.17. The van der Waals surface area contributed by atoms with Gasteiger partial charge in [0.25, 0.3) is 0 Å². The van der Waals surface area contributed by atoms with Crippen molar-refractivity contribution >= 4 is 34.2 Å². The lowest BCUT2D eigenvalue weighted by Crippen LogP contribution is -1.82. The predicted molar refractivity (Wildman–Crippen MR) is 45.8 cm³/mol. The zero-order valence-electron chi connectivity index (χ0n) is 4.63. The quantitative estimate of drug-likeness (QED) is 0.492. The van der Waals surface area contributed by atoms with Gasteiger partial charge in [0.2, 0.25) is 0 Å². The summed E-state index contributed by atoms with van der Waals surface area (Å²) in [6.07, 6.45) is 0.